The van der Waals surface area contributed by atoms with Gasteiger partial charge in [0.15, 0.2) is 0 Å². The molecule has 1 aliphatic heterocycles. The van der Waals surface area contributed by atoms with E-state index < -0.39 is 0 Å². The van der Waals surface area contributed by atoms with Crippen molar-refractivity contribution in [2.75, 3.05) is 20.2 Å². The number of carbonyl (C=O) groups is 3. The molecule has 0 unspecified atom stereocenters. The zero-order chi connectivity index (χ0) is 22.0. The Hall–Kier alpha value is -3.52. The van der Waals surface area contributed by atoms with Crippen molar-refractivity contribution in [1.82, 2.24) is 15.2 Å². The SMILES string of the molecule is COc1ccc2cc(C(=O)NCCN3C(=O)S/C(=C\c4ccc(C)cc4)C3=O)[nH]c2c1. The van der Waals surface area contributed by atoms with Crippen molar-refractivity contribution in [2.24, 2.45) is 0 Å². The molecule has 0 spiro atoms. The zero-order valence-corrected chi connectivity index (χ0v) is 17.9. The molecule has 1 fully saturated rings. The number of nitrogens with one attached hydrogen (secondary N) is 2. The Bertz CT molecular complexity index is 1200. The summed E-state index contributed by atoms with van der Waals surface area (Å²) in [6, 6.07) is 14.9. The van der Waals surface area contributed by atoms with Crippen LogP contribution < -0.4 is 10.1 Å². The van der Waals surface area contributed by atoms with Crippen molar-refractivity contribution in [2.45, 2.75) is 6.92 Å². The number of thioether (sulfide) groups is 1. The van der Waals surface area contributed by atoms with Gasteiger partial charge >= 0.3 is 0 Å². The van der Waals surface area contributed by atoms with Crippen molar-refractivity contribution >= 4 is 45.8 Å². The number of hydrogen-bond acceptors (Lipinski definition) is 5. The second-order valence-electron chi connectivity index (χ2n) is 7.14. The van der Waals surface area contributed by atoms with Gasteiger partial charge in [-0.05, 0) is 48.5 Å². The number of imide groups is 1. The molecule has 0 saturated carbocycles. The first-order valence-electron chi connectivity index (χ1n) is 9.71. The number of ether oxygens (including phenoxy) is 1. The van der Waals surface area contributed by atoms with Crippen LogP contribution in [0.3, 0.4) is 0 Å². The zero-order valence-electron chi connectivity index (χ0n) is 17.1. The first-order chi connectivity index (χ1) is 14.9. The van der Waals surface area contributed by atoms with E-state index in [0.717, 1.165) is 38.7 Å². The highest BCUT2D eigenvalue weighted by molar-refractivity contribution is 8.18. The maximum Gasteiger partial charge on any atom is 0.293 e. The van der Waals surface area contributed by atoms with Gasteiger partial charge in [0.1, 0.15) is 11.4 Å². The minimum absolute atomic E-state index is 0.107. The molecule has 0 atom stereocenters. The second-order valence-corrected chi connectivity index (χ2v) is 8.13. The van der Waals surface area contributed by atoms with Crippen LogP contribution in [0, 0.1) is 6.92 Å². The monoisotopic (exact) mass is 435 g/mol. The molecule has 4 rings (SSSR count). The van der Waals surface area contributed by atoms with Crippen LogP contribution in [0.1, 0.15) is 21.6 Å². The molecule has 8 heteroatoms. The third-order valence-electron chi connectivity index (χ3n) is 4.94. The summed E-state index contributed by atoms with van der Waals surface area (Å²) >= 11 is 0.910. The third-order valence-corrected chi connectivity index (χ3v) is 5.85. The van der Waals surface area contributed by atoms with Gasteiger partial charge in [-0.25, -0.2) is 0 Å². The molecule has 2 N–H and O–H groups in total. The number of hydrogen-bond donors (Lipinski definition) is 2. The smallest absolute Gasteiger partial charge is 0.293 e. The molecule has 1 saturated heterocycles. The molecular formula is C23H21N3O4S. The number of carbonyl (C=O) groups excluding carboxylic acids is 3. The molecule has 3 amide bonds. The molecule has 7 nitrogen and oxygen atoms in total. The fourth-order valence-electron chi connectivity index (χ4n) is 3.24. The van der Waals surface area contributed by atoms with Crippen LogP contribution in [0.15, 0.2) is 53.4 Å². The predicted octanol–water partition coefficient (Wildman–Crippen LogP) is 3.95. The fourth-order valence-corrected chi connectivity index (χ4v) is 4.10. The first kappa shape index (κ1) is 20.7. The summed E-state index contributed by atoms with van der Waals surface area (Å²) in [6.07, 6.45) is 1.71. The van der Waals surface area contributed by atoms with E-state index in [9.17, 15) is 14.4 Å². The van der Waals surface area contributed by atoms with Crippen LogP contribution in [-0.2, 0) is 4.79 Å². The lowest BCUT2D eigenvalue weighted by molar-refractivity contribution is -0.122. The molecule has 2 heterocycles. The highest BCUT2D eigenvalue weighted by Gasteiger charge is 2.34. The van der Waals surface area contributed by atoms with E-state index in [2.05, 4.69) is 10.3 Å². The number of aromatic amines is 1. The number of methoxy groups -OCH3 is 1. The largest absolute Gasteiger partial charge is 0.497 e. The number of benzene rings is 2. The topological polar surface area (TPSA) is 91.5 Å². The number of fused-ring (bicyclic) bond motifs is 1. The average Bonchev–Trinajstić information content (AvgIpc) is 3.30. The van der Waals surface area contributed by atoms with Gasteiger partial charge in [0.2, 0.25) is 0 Å². The van der Waals surface area contributed by atoms with Crippen LogP contribution >= 0.6 is 11.8 Å². The Kier molecular flexibility index (Phi) is 5.81. The maximum atomic E-state index is 12.6. The van der Waals surface area contributed by atoms with Gasteiger partial charge in [-0.3, -0.25) is 19.3 Å². The van der Waals surface area contributed by atoms with Crippen molar-refractivity contribution in [3.63, 3.8) is 0 Å². The summed E-state index contributed by atoms with van der Waals surface area (Å²) in [7, 11) is 1.58. The van der Waals surface area contributed by atoms with Crippen molar-refractivity contribution in [3.05, 3.63) is 70.3 Å². The molecule has 2 aromatic carbocycles. The van der Waals surface area contributed by atoms with Crippen LogP contribution in [0.4, 0.5) is 4.79 Å². The first-order valence-corrected chi connectivity index (χ1v) is 10.5. The van der Waals surface area contributed by atoms with Crippen LogP contribution in [0.25, 0.3) is 17.0 Å². The highest BCUT2D eigenvalue weighted by atomic mass is 32.2. The third kappa shape index (κ3) is 4.49. The summed E-state index contributed by atoms with van der Waals surface area (Å²) < 4.78 is 5.19. The number of aryl methyl sites for hydroxylation is 1. The summed E-state index contributed by atoms with van der Waals surface area (Å²) in [6.45, 7) is 2.25. The normalized spacial score (nSPS) is 15.2. The number of amides is 3. The minimum atomic E-state index is -0.345. The number of aromatic nitrogens is 1. The average molecular weight is 436 g/mol. The van der Waals surface area contributed by atoms with E-state index in [4.69, 9.17) is 4.74 Å². The maximum absolute atomic E-state index is 12.6. The lowest BCUT2D eigenvalue weighted by atomic mass is 10.1. The summed E-state index contributed by atoms with van der Waals surface area (Å²) in [5.74, 6) is 0.0410. The lowest BCUT2D eigenvalue weighted by Gasteiger charge is -2.12. The number of rotatable bonds is 6. The number of nitrogens with zero attached hydrogens (tertiary/aromatic N) is 1. The van der Waals surface area contributed by atoms with Crippen LogP contribution in [0.5, 0.6) is 5.75 Å². The summed E-state index contributed by atoms with van der Waals surface area (Å²) in [5.41, 5.74) is 3.17. The molecular weight excluding hydrogens is 414 g/mol. The Balaban J connectivity index is 1.36. The van der Waals surface area contributed by atoms with Crippen molar-refractivity contribution in [3.8, 4) is 5.75 Å². The van der Waals surface area contributed by atoms with E-state index in [0.29, 0.717) is 16.3 Å². The molecule has 31 heavy (non-hydrogen) atoms. The Morgan fingerprint density at radius 3 is 2.68 bits per heavy atom. The van der Waals surface area contributed by atoms with Crippen LogP contribution in [-0.4, -0.2) is 47.1 Å². The van der Waals surface area contributed by atoms with E-state index >= 15 is 0 Å². The van der Waals surface area contributed by atoms with Crippen molar-refractivity contribution < 1.29 is 19.1 Å². The highest BCUT2D eigenvalue weighted by Crippen LogP contribution is 2.32. The van der Waals surface area contributed by atoms with E-state index in [-0.39, 0.29) is 30.1 Å². The summed E-state index contributed by atoms with van der Waals surface area (Å²) in [4.78, 5) is 41.9. The van der Waals surface area contributed by atoms with Gasteiger partial charge in [0.05, 0.1) is 12.0 Å². The Morgan fingerprint density at radius 1 is 1.16 bits per heavy atom. The van der Waals surface area contributed by atoms with Gasteiger partial charge in [0, 0.05) is 30.1 Å². The summed E-state index contributed by atoms with van der Waals surface area (Å²) in [5, 5.41) is 3.30. The second kappa shape index (κ2) is 8.69. The molecule has 0 bridgehead atoms. The quantitative estimate of drug-likeness (QED) is 0.572. The lowest BCUT2D eigenvalue weighted by Crippen LogP contribution is -2.37. The van der Waals surface area contributed by atoms with Gasteiger partial charge < -0.3 is 15.0 Å². The van der Waals surface area contributed by atoms with Gasteiger partial charge in [-0.1, -0.05) is 29.8 Å². The van der Waals surface area contributed by atoms with Gasteiger partial charge in [0.25, 0.3) is 17.1 Å². The predicted molar refractivity (Wildman–Crippen MR) is 121 cm³/mol. The van der Waals surface area contributed by atoms with Crippen molar-refractivity contribution in [1.29, 1.82) is 0 Å². The van der Waals surface area contributed by atoms with Gasteiger partial charge in [-0.2, -0.15) is 0 Å². The van der Waals surface area contributed by atoms with Gasteiger partial charge in [-0.15, -0.1) is 0 Å². The standard InChI is InChI=1S/C23H21N3O4S/c1-14-3-5-15(6-4-14)11-20-22(28)26(23(29)31-20)10-9-24-21(27)19-12-16-7-8-17(30-2)13-18(16)25-19/h3-8,11-13,25H,9-10H2,1-2H3,(H,24,27)/b20-11-. The molecule has 1 aromatic heterocycles. The van der Waals surface area contributed by atoms with E-state index in [1.165, 1.54) is 0 Å². The van der Waals surface area contributed by atoms with E-state index in [1.54, 1.807) is 19.3 Å². The minimum Gasteiger partial charge on any atom is -0.497 e. The molecule has 3 aromatic rings. The Labute approximate surface area is 183 Å². The molecule has 0 radical (unpaired) electrons. The van der Waals surface area contributed by atoms with Crippen LogP contribution in [0.2, 0.25) is 0 Å². The molecule has 158 valence electrons. The number of H-pyrrole nitrogens is 1. The molecule has 1 aliphatic rings. The fraction of sp³-hybridized carbons (Fsp3) is 0.174. The Morgan fingerprint density at radius 2 is 1.94 bits per heavy atom. The van der Waals surface area contributed by atoms with E-state index in [1.807, 2.05) is 49.4 Å². The molecule has 0 aliphatic carbocycles.